The maximum atomic E-state index is 12.0. The van der Waals surface area contributed by atoms with Gasteiger partial charge in [0.25, 0.3) is 5.56 Å². The summed E-state index contributed by atoms with van der Waals surface area (Å²) < 4.78 is 8.54. The van der Waals surface area contributed by atoms with Gasteiger partial charge in [-0.25, -0.2) is 4.68 Å². The molecule has 8 heteroatoms. The summed E-state index contributed by atoms with van der Waals surface area (Å²) in [6.07, 6.45) is 8.32. The van der Waals surface area contributed by atoms with Gasteiger partial charge in [0.05, 0.1) is 24.5 Å². The van der Waals surface area contributed by atoms with Crippen LogP contribution >= 0.6 is 0 Å². The van der Waals surface area contributed by atoms with Crippen molar-refractivity contribution < 1.29 is 9.53 Å². The minimum atomic E-state index is -0.320. The molecule has 3 rings (SSSR count). The lowest BCUT2D eigenvalue weighted by Gasteiger charge is -2.22. The number of rotatable bonds is 5. The molecule has 0 aliphatic carbocycles. The van der Waals surface area contributed by atoms with E-state index in [9.17, 15) is 9.59 Å². The monoisotopic (exact) mass is 317 g/mol. The van der Waals surface area contributed by atoms with Crippen LogP contribution in [-0.2, 0) is 22.6 Å². The number of carbonyl (C=O) groups excluding carboxylic acids is 1. The van der Waals surface area contributed by atoms with Crippen LogP contribution in [-0.4, -0.2) is 38.2 Å². The predicted octanol–water partition coefficient (Wildman–Crippen LogP) is 0.648. The predicted molar refractivity (Wildman–Crippen MR) is 82.9 cm³/mol. The van der Waals surface area contributed by atoms with E-state index < -0.39 is 0 Å². The number of nitrogens with one attached hydrogen (secondary N) is 1. The molecule has 2 aromatic heterocycles. The van der Waals surface area contributed by atoms with Crippen LogP contribution in [0.25, 0.3) is 0 Å². The molecule has 0 unspecified atom stereocenters. The lowest BCUT2D eigenvalue weighted by atomic mass is 10.1. The van der Waals surface area contributed by atoms with E-state index in [4.69, 9.17) is 4.74 Å². The Hall–Kier alpha value is -2.48. The fourth-order valence-corrected chi connectivity index (χ4v) is 2.53. The van der Waals surface area contributed by atoms with Crippen molar-refractivity contribution in [3.8, 4) is 0 Å². The summed E-state index contributed by atoms with van der Waals surface area (Å²) in [6, 6.07) is 2.90. The summed E-state index contributed by atoms with van der Waals surface area (Å²) in [5, 5.41) is 10.8. The lowest BCUT2D eigenvalue weighted by molar-refractivity contribution is -0.117. The molecule has 8 nitrogen and oxygen atoms in total. The molecule has 0 bridgehead atoms. The fraction of sp³-hybridized carbons (Fsp3) is 0.467. The van der Waals surface area contributed by atoms with Gasteiger partial charge in [-0.3, -0.25) is 14.3 Å². The number of hydrogen-bond acceptors (Lipinski definition) is 5. The van der Waals surface area contributed by atoms with Crippen LogP contribution in [0.4, 0.5) is 5.69 Å². The van der Waals surface area contributed by atoms with Gasteiger partial charge in [-0.2, -0.15) is 10.2 Å². The first-order valence-corrected chi connectivity index (χ1v) is 7.67. The third kappa shape index (κ3) is 4.26. The van der Waals surface area contributed by atoms with Crippen LogP contribution in [0.15, 0.2) is 35.5 Å². The Labute approximate surface area is 133 Å². The molecule has 1 N–H and O–H groups in total. The highest BCUT2D eigenvalue weighted by Gasteiger charge is 2.15. The van der Waals surface area contributed by atoms with Crippen molar-refractivity contribution >= 4 is 11.6 Å². The fourth-order valence-electron chi connectivity index (χ4n) is 2.53. The van der Waals surface area contributed by atoms with Gasteiger partial charge in [0.1, 0.15) is 6.54 Å². The third-order valence-corrected chi connectivity index (χ3v) is 3.66. The normalized spacial score (nSPS) is 17.8. The van der Waals surface area contributed by atoms with Gasteiger partial charge in [-0.1, -0.05) is 0 Å². The SMILES string of the molecule is O=C(Cn1ncccc1=O)Nc1cnn(C[C@H]2CCCCO2)c1. The molecule has 0 aromatic carbocycles. The highest BCUT2D eigenvalue weighted by Crippen LogP contribution is 2.15. The molecule has 2 aromatic rings. The molecule has 0 radical (unpaired) electrons. The second kappa shape index (κ2) is 7.19. The molecule has 0 spiro atoms. The smallest absolute Gasteiger partial charge is 0.267 e. The van der Waals surface area contributed by atoms with Crippen LogP contribution in [0.1, 0.15) is 19.3 Å². The molecular formula is C15H19N5O3. The van der Waals surface area contributed by atoms with Crippen molar-refractivity contribution in [1.82, 2.24) is 19.6 Å². The number of aromatic nitrogens is 4. The summed E-state index contributed by atoms with van der Waals surface area (Å²) in [7, 11) is 0. The zero-order valence-electron chi connectivity index (χ0n) is 12.7. The minimum absolute atomic E-state index is 0.128. The molecule has 1 saturated heterocycles. The van der Waals surface area contributed by atoms with Crippen molar-refractivity contribution in [2.45, 2.75) is 38.5 Å². The molecule has 1 amide bonds. The minimum Gasteiger partial charge on any atom is -0.376 e. The quantitative estimate of drug-likeness (QED) is 0.874. The first kappa shape index (κ1) is 15.4. The van der Waals surface area contributed by atoms with Crippen LogP contribution in [0, 0.1) is 0 Å². The van der Waals surface area contributed by atoms with Crippen LogP contribution in [0.2, 0.25) is 0 Å². The maximum absolute atomic E-state index is 12.0. The van der Waals surface area contributed by atoms with Crippen molar-refractivity contribution in [1.29, 1.82) is 0 Å². The molecule has 0 saturated carbocycles. The average Bonchev–Trinajstić information content (AvgIpc) is 2.97. The van der Waals surface area contributed by atoms with E-state index >= 15 is 0 Å². The number of anilines is 1. The van der Waals surface area contributed by atoms with Gasteiger partial charge in [0, 0.05) is 25.1 Å². The van der Waals surface area contributed by atoms with Gasteiger partial charge < -0.3 is 10.1 Å². The molecule has 23 heavy (non-hydrogen) atoms. The number of ether oxygens (including phenoxy) is 1. The van der Waals surface area contributed by atoms with Crippen molar-refractivity contribution in [3.05, 3.63) is 41.1 Å². The summed E-state index contributed by atoms with van der Waals surface area (Å²) in [6.45, 7) is 1.35. The Balaban J connectivity index is 1.55. The van der Waals surface area contributed by atoms with E-state index in [2.05, 4.69) is 15.5 Å². The summed E-state index contributed by atoms with van der Waals surface area (Å²) in [5.74, 6) is -0.320. The molecule has 3 heterocycles. The molecule has 1 atom stereocenters. The van der Waals surface area contributed by atoms with E-state index in [1.807, 2.05) is 0 Å². The first-order chi connectivity index (χ1) is 11.2. The number of hydrogen-bond donors (Lipinski definition) is 1. The zero-order chi connectivity index (χ0) is 16.1. The average molecular weight is 317 g/mol. The Morgan fingerprint density at radius 3 is 3.09 bits per heavy atom. The highest BCUT2D eigenvalue weighted by molar-refractivity contribution is 5.90. The summed E-state index contributed by atoms with van der Waals surface area (Å²) in [4.78, 5) is 23.5. The Morgan fingerprint density at radius 2 is 2.30 bits per heavy atom. The maximum Gasteiger partial charge on any atom is 0.267 e. The molecule has 1 aliphatic rings. The number of carbonyl (C=O) groups is 1. The van der Waals surface area contributed by atoms with Gasteiger partial charge in [0.2, 0.25) is 5.91 Å². The van der Waals surface area contributed by atoms with E-state index in [0.717, 1.165) is 24.1 Å². The second-order valence-electron chi connectivity index (χ2n) is 5.51. The van der Waals surface area contributed by atoms with Gasteiger partial charge in [0.15, 0.2) is 0 Å². The van der Waals surface area contributed by atoms with Gasteiger partial charge >= 0.3 is 0 Å². The molecule has 1 aliphatic heterocycles. The van der Waals surface area contributed by atoms with E-state index in [0.29, 0.717) is 12.2 Å². The summed E-state index contributed by atoms with van der Waals surface area (Å²) in [5.41, 5.74) is 0.280. The standard InChI is InChI=1S/C15H19N5O3/c21-14(11-20-15(22)5-3-6-16-20)18-12-8-17-19(9-12)10-13-4-1-2-7-23-13/h3,5-6,8-9,13H,1-2,4,7,10-11H2,(H,18,21)/t13-/m1/s1. The Bertz CT molecular complexity index is 718. The van der Waals surface area contributed by atoms with Gasteiger partial charge in [-0.15, -0.1) is 0 Å². The van der Waals surface area contributed by atoms with Crippen LogP contribution in [0.3, 0.4) is 0 Å². The number of nitrogens with zero attached hydrogens (tertiary/aromatic N) is 4. The number of amides is 1. The molecule has 1 fully saturated rings. The first-order valence-electron chi connectivity index (χ1n) is 7.67. The van der Waals surface area contributed by atoms with Crippen LogP contribution in [0.5, 0.6) is 0 Å². The van der Waals surface area contributed by atoms with Crippen molar-refractivity contribution in [2.75, 3.05) is 11.9 Å². The zero-order valence-corrected chi connectivity index (χ0v) is 12.7. The molecule has 122 valence electrons. The highest BCUT2D eigenvalue weighted by atomic mass is 16.5. The van der Waals surface area contributed by atoms with Gasteiger partial charge in [-0.05, 0) is 25.3 Å². The second-order valence-corrected chi connectivity index (χ2v) is 5.51. The Kier molecular flexibility index (Phi) is 4.82. The topological polar surface area (TPSA) is 91.0 Å². The van der Waals surface area contributed by atoms with Crippen molar-refractivity contribution in [2.24, 2.45) is 0 Å². The van der Waals surface area contributed by atoms with E-state index in [1.165, 1.54) is 24.8 Å². The van der Waals surface area contributed by atoms with Crippen molar-refractivity contribution in [3.63, 3.8) is 0 Å². The molecular weight excluding hydrogens is 298 g/mol. The summed E-state index contributed by atoms with van der Waals surface area (Å²) >= 11 is 0. The van der Waals surface area contributed by atoms with E-state index in [1.54, 1.807) is 17.1 Å². The largest absolute Gasteiger partial charge is 0.376 e. The van der Waals surface area contributed by atoms with E-state index in [-0.39, 0.29) is 24.1 Å². The lowest BCUT2D eigenvalue weighted by Crippen LogP contribution is -2.28. The third-order valence-electron chi connectivity index (χ3n) is 3.66. The van der Waals surface area contributed by atoms with Crippen LogP contribution < -0.4 is 10.9 Å². The Morgan fingerprint density at radius 1 is 1.39 bits per heavy atom.